The van der Waals surface area contributed by atoms with E-state index in [0.29, 0.717) is 19.3 Å². The van der Waals surface area contributed by atoms with Crippen molar-refractivity contribution >= 4 is 66.2 Å². The molecule has 16 heteroatoms. The number of carboxylic acids is 2. The Bertz CT molecular complexity index is 1230. The van der Waals surface area contributed by atoms with E-state index in [1.54, 1.807) is 0 Å². The van der Waals surface area contributed by atoms with Crippen molar-refractivity contribution in [2.24, 2.45) is 47.3 Å². The van der Waals surface area contributed by atoms with Crippen LogP contribution in [0.3, 0.4) is 0 Å². The molecule has 5 aliphatic rings. The monoisotopic (exact) mass is 702 g/mol. The smallest absolute Gasteiger partial charge is 0.320 e. The van der Waals surface area contributed by atoms with Gasteiger partial charge in [0.15, 0.2) is 16.6 Å². The Morgan fingerprint density at radius 3 is 1.64 bits per heavy atom. The molecule has 44 heavy (non-hydrogen) atoms. The molecule has 4 aliphatic carbocycles. The third kappa shape index (κ3) is 6.18. The quantitative estimate of drug-likeness (QED) is 0.158. The van der Waals surface area contributed by atoms with Crippen molar-refractivity contribution in [2.75, 3.05) is 0 Å². The maximum absolute atomic E-state index is 12.9. The molecule has 0 aromatic carbocycles. The van der Waals surface area contributed by atoms with E-state index in [0.717, 1.165) is 6.42 Å². The lowest BCUT2D eigenvalue weighted by Gasteiger charge is -2.51. The van der Waals surface area contributed by atoms with Crippen molar-refractivity contribution in [2.45, 2.75) is 102 Å². The van der Waals surface area contributed by atoms with Gasteiger partial charge in [0.25, 0.3) is 0 Å². The molecule has 0 amide bonds. The van der Waals surface area contributed by atoms with Gasteiger partial charge in [0.2, 0.25) is 0 Å². The van der Waals surface area contributed by atoms with Gasteiger partial charge in [-0.3, -0.25) is 19.2 Å². The highest BCUT2D eigenvalue weighted by Crippen LogP contribution is 2.66. The summed E-state index contributed by atoms with van der Waals surface area (Å²) in [6.07, 6.45) is 2.53. The van der Waals surface area contributed by atoms with Crippen LogP contribution < -0.4 is 0 Å². The first-order valence-corrected chi connectivity index (χ1v) is 30.4. The molecular formula is C28H50O11Si5. The number of rotatable bonds is 12. The number of esters is 2. The summed E-state index contributed by atoms with van der Waals surface area (Å²) in [5.41, 5.74) is -0.305. The molecule has 12 atom stereocenters. The summed E-state index contributed by atoms with van der Waals surface area (Å²) in [5, 5.41) is 20.3. The first kappa shape index (κ1) is 34.3. The predicted octanol–water partition coefficient (Wildman–Crippen LogP) is 5.11. The first-order valence-electron chi connectivity index (χ1n) is 16.0. The largest absolute Gasteiger partial charge is 0.481 e. The fourth-order valence-corrected chi connectivity index (χ4v) is 35.8. The summed E-state index contributed by atoms with van der Waals surface area (Å²) in [5.74, 6) is -6.47. The van der Waals surface area contributed by atoms with Gasteiger partial charge in [0.05, 0.1) is 23.7 Å². The van der Waals surface area contributed by atoms with E-state index in [2.05, 4.69) is 45.8 Å². The molecule has 0 radical (unpaired) electrons. The number of carboxylic acid groups (broad SMARTS) is 2. The number of fused-ring (bicyclic) bond motifs is 7. The molecule has 0 aromatic rings. The van der Waals surface area contributed by atoms with Gasteiger partial charge in [-0.1, -0.05) is 0 Å². The van der Waals surface area contributed by atoms with Crippen LogP contribution in [0.15, 0.2) is 0 Å². The van der Waals surface area contributed by atoms with Crippen molar-refractivity contribution in [1.82, 2.24) is 0 Å². The zero-order valence-corrected chi connectivity index (χ0v) is 32.7. The fourth-order valence-electron chi connectivity index (χ4n) is 10.1. The molecule has 0 aromatic heterocycles. The van der Waals surface area contributed by atoms with Crippen molar-refractivity contribution in [3.05, 3.63) is 0 Å². The van der Waals surface area contributed by atoms with Crippen molar-refractivity contribution in [1.29, 1.82) is 0 Å². The lowest BCUT2D eigenvalue weighted by atomic mass is 9.79. The van der Waals surface area contributed by atoms with Crippen LogP contribution in [0.5, 0.6) is 0 Å². The average Bonchev–Trinajstić information content (AvgIpc) is 3.60. The third-order valence-electron chi connectivity index (χ3n) is 10.6. The van der Waals surface area contributed by atoms with E-state index in [-0.39, 0.29) is 40.7 Å². The first-order chi connectivity index (χ1) is 20.0. The minimum Gasteiger partial charge on any atom is -0.481 e. The van der Waals surface area contributed by atoms with Gasteiger partial charge in [0.1, 0.15) is 0 Å². The molecule has 12 unspecified atom stereocenters. The number of carbonyl (C=O) groups excluding carboxylic acids is 2. The van der Waals surface area contributed by atoms with Crippen LogP contribution in [0.4, 0.5) is 0 Å². The van der Waals surface area contributed by atoms with Gasteiger partial charge in [-0.05, 0) is 115 Å². The van der Waals surface area contributed by atoms with E-state index in [1.807, 2.05) is 19.6 Å². The van der Waals surface area contributed by atoms with Gasteiger partial charge < -0.3 is 31.4 Å². The highest BCUT2D eigenvalue weighted by molar-refractivity contribution is 6.91. The van der Waals surface area contributed by atoms with Crippen LogP contribution in [-0.2, 0) is 40.4 Å². The Morgan fingerprint density at radius 1 is 0.614 bits per heavy atom. The molecule has 2 N–H and O–H groups in total. The molecule has 248 valence electrons. The summed E-state index contributed by atoms with van der Waals surface area (Å²) in [4.78, 5) is 50.2. The standard InChI is InChI=1S/C28H50O11Si5/c1-40(2,3)36-42(7,8)38-44(10,19-13-15-11-17(19)23(26(31)32)21(15)25(29)30)39-43(9,37-41(4,5)6)20-14-16-12-18(20)24-22(16)27(33)35-28(24)34/h15-24H,11-14H2,1-10H3,(H,29,30)(H,31,32). The van der Waals surface area contributed by atoms with Crippen LogP contribution >= 0.6 is 0 Å². The van der Waals surface area contributed by atoms with Crippen LogP contribution in [0.25, 0.3) is 0 Å². The van der Waals surface area contributed by atoms with Gasteiger partial charge in [-0.15, -0.1) is 0 Å². The minimum atomic E-state index is -3.37. The van der Waals surface area contributed by atoms with E-state index < -0.39 is 83.9 Å². The highest BCUT2D eigenvalue weighted by Gasteiger charge is 2.70. The third-order valence-corrected chi connectivity index (χ3v) is 29.9. The summed E-state index contributed by atoms with van der Waals surface area (Å²) >= 11 is 0. The van der Waals surface area contributed by atoms with Crippen molar-refractivity contribution < 1.29 is 50.6 Å². The fraction of sp³-hybridized carbons (Fsp3) is 0.857. The van der Waals surface area contributed by atoms with E-state index in [9.17, 15) is 29.4 Å². The highest BCUT2D eigenvalue weighted by atomic mass is 28.5. The normalized spacial score (nSPS) is 39.2. The average molecular weight is 703 g/mol. The molecule has 1 saturated heterocycles. The number of hydrogen-bond acceptors (Lipinski definition) is 9. The predicted molar refractivity (Wildman–Crippen MR) is 172 cm³/mol. The Labute approximate surface area is 265 Å². The maximum atomic E-state index is 12.9. The van der Waals surface area contributed by atoms with Gasteiger partial charge in [-0.2, -0.15) is 0 Å². The van der Waals surface area contributed by atoms with Crippen LogP contribution in [-0.4, -0.2) is 76.4 Å². The molecule has 0 spiro atoms. The second-order valence-electron chi connectivity index (χ2n) is 16.6. The Morgan fingerprint density at radius 2 is 1.09 bits per heavy atom. The molecule has 11 nitrogen and oxygen atoms in total. The van der Waals surface area contributed by atoms with Crippen molar-refractivity contribution in [3.8, 4) is 0 Å². The maximum Gasteiger partial charge on any atom is 0.320 e. The van der Waals surface area contributed by atoms with Gasteiger partial charge in [-0.25, -0.2) is 0 Å². The Kier molecular flexibility index (Phi) is 8.61. The topological polar surface area (TPSA) is 155 Å². The minimum absolute atomic E-state index is 0.0414. The molecule has 4 bridgehead atoms. The summed E-state index contributed by atoms with van der Waals surface area (Å²) in [7, 11) is -13.7. The number of carbonyl (C=O) groups is 4. The second kappa shape index (κ2) is 11.0. The van der Waals surface area contributed by atoms with E-state index in [1.165, 1.54) is 0 Å². The number of cyclic esters (lactones) is 2. The van der Waals surface area contributed by atoms with Gasteiger partial charge >= 0.3 is 49.6 Å². The SMILES string of the molecule is C[Si](C)(C)O[Si](C)(C)O[Si](C)(O[Si](C)(O[Si](C)(C)C)C1CC2CC1C1C(=O)OC(=O)C21)C1CC2CC1C(C(=O)O)C2C(=O)O. The van der Waals surface area contributed by atoms with E-state index >= 15 is 0 Å². The zero-order chi connectivity index (χ0) is 32.9. The molecule has 4 saturated carbocycles. The van der Waals surface area contributed by atoms with E-state index in [4.69, 9.17) is 21.2 Å². The Balaban J connectivity index is 1.55. The van der Waals surface area contributed by atoms with Crippen LogP contribution in [0.2, 0.25) is 76.6 Å². The summed E-state index contributed by atoms with van der Waals surface area (Å²) in [6, 6.07) is 0. The molecule has 5 fully saturated rings. The number of aliphatic carboxylic acids is 2. The van der Waals surface area contributed by atoms with Crippen LogP contribution in [0, 0.1) is 47.3 Å². The summed E-state index contributed by atoms with van der Waals surface area (Å²) < 4.78 is 33.6. The second-order valence-corrected chi connectivity index (χ2v) is 36.7. The lowest BCUT2D eigenvalue weighted by molar-refractivity contribution is -0.156. The lowest BCUT2D eigenvalue weighted by Crippen LogP contribution is -2.65. The molecule has 5 rings (SSSR count). The zero-order valence-electron chi connectivity index (χ0n) is 27.7. The molecule has 1 aliphatic heterocycles. The number of ether oxygens (including phenoxy) is 1. The Hall–Kier alpha value is -0.996. The summed E-state index contributed by atoms with van der Waals surface area (Å²) in [6.45, 7) is 20.8. The number of hydrogen-bond donors (Lipinski definition) is 2. The molecular weight excluding hydrogens is 653 g/mol. The van der Waals surface area contributed by atoms with Gasteiger partial charge in [0, 0.05) is 11.1 Å². The molecule has 1 heterocycles. The van der Waals surface area contributed by atoms with Crippen molar-refractivity contribution in [3.63, 3.8) is 0 Å². The van der Waals surface area contributed by atoms with Crippen LogP contribution in [0.1, 0.15) is 25.7 Å².